The highest BCUT2D eigenvalue weighted by Crippen LogP contribution is 2.28. The Kier molecular flexibility index (Phi) is 5.49. The summed E-state index contributed by atoms with van der Waals surface area (Å²) in [4.78, 5) is 15.3. The zero-order valence-electron chi connectivity index (χ0n) is 16.0. The maximum absolute atomic E-state index is 13.3. The smallest absolute Gasteiger partial charge is 0.272 e. The number of rotatable bonds is 3. The van der Waals surface area contributed by atoms with E-state index >= 15 is 0 Å². The van der Waals surface area contributed by atoms with Crippen LogP contribution in [-0.2, 0) is 7.05 Å². The molecule has 0 bridgehead atoms. The van der Waals surface area contributed by atoms with Crippen molar-refractivity contribution in [2.24, 2.45) is 7.05 Å². The fourth-order valence-corrected chi connectivity index (χ4v) is 4.04. The molecule has 1 fully saturated rings. The molecule has 1 unspecified atom stereocenters. The first-order valence-electron chi connectivity index (χ1n) is 9.76. The second-order valence-electron chi connectivity index (χ2n) is 7.40. The Bertz CT molecular complexity index is 950. The van der Waals surface area contributed by atoms with E-state index in [-0.39, 0.29) is 5.91 Å². The lowest BCUT2D eigenvalue weighted by atomic mass is 9.94. The van der Waals surface area contributed by atoms with Crippen molar-refractivity contribution >= 4 is 17.5 Å². The number of halogens is 1. The average Bonchev–Trinajstić information content (AvgIpc) is 2.95. The number of likely N-dealkylation sites (tertiary alicyclic amines) is 1. The lowest BCUT2D eigenvalue weighted by Gasteiger charge is -2.25. The minimum Gasteiger partial charge on any atom is -0.337 e. The highest BCUT2D eigenvalue weighted by molar-refractivity contribution is 6.30. The third-order valence-corrected chi connectivity index (χ3v) is 5.72. The van der Waals surface area contributed by atoms with Crippen LogP contribution in [0.15, 0.2) is 60.7 Å². The number of benzene rings is 2. The molecule has 4 nitrogen and oxygen atoms in total. The van der Waals surface area contributed by atoms with Crippen molar-refractivity contribution in [2.75, 3.05) is 13.1 Å². The Hall–Kier alpha value is -2.59. The fraction of sp³-hybridized carbons (Fsp3) is 0.304. The van der Waals surface area contributed by atoms with Gasteiger partial charge in [0.05, 0.1) is 5.69 Å². The number of carbonyl (C=O) groups excluding carboxylic acids is 1. The summed E-state index contributed by atoms with van der Waals surface area (Å²) in [5.74, 6) is 0.392. The van der Waals surface area contributed by atoms with E-state index in [0.717, 1.165) is 48.6 Å². The van der Waals surface area contributed by atoms with E-state index in [1.807, 2.05) is 60.5 Å². The molecule has 5 heteroatoms. The summed E-state index contributed by atoms with van der Waals surface area (Å²) in [6.45, 7) is 1.51. The normalized spacial score (nSPS) is 17.4. The predicted molar refractivity (Wildman–Crippen MR) is 113 cm³/mol. The van der Waals surface area contributed by atoms with Gasteiger partial charge < -0.3 is 4.90 Å². The van der Waals surface area contributed by atoms with Crippen molar-refractivity contribution in [3.05, 3.63) is 76.9 Å². The molecule has 1 aliphatic heterocycles. The Labute approximate surface area is 170 Å². The van der Waals surface area contributed by atoms with Gasteiger partial charge in [-0.3, -0.25) is 9.48 Å². The van der Waals surface area contributed by atoms with Crippen molar-refractivity contribution in [2.45, 2.75) is 25.2 Å². The summed E-state index contributed by atoms with van der Waals surface area (Å²) < 4.78 is 1.70. The molecule has 1 aliphatic rings. The fourth-order valence-electron chi connectivity index (χ4n) is 3.91. The van der Waals surface area contributed by atoms with Gasteiger partial charge >= 0.3 is 0 Å². The number of amides is 1. The van der Waals surface area contributed by atoms with Gasteiger partial charge in [-0.05, 0) is 36.6 Å². The van der Waals surface area contributed by atoms with E-state index in [1.165, 1.54) is 5.56 Å². The SMILES string of the molecule is Cn1nc(-c2ccccc2)cc1C(=O)N1CCCCC(c2ccc(Cl)cc2)C1. The van der Waals surface area contributed by atoms with Crippen LogP contribution in [0.25, 0.3) is 11.3 Å². The molecule has 0 saturated carbocycles. The maximum atomic E-state index is 13.3. The molecule has 2 heterocycles. The van der Waals surface area contributed by atoms with Crippen molar-refractivity contribution in [3.8, 4) is 11.3 Å². The number of aromatic nitrogens is 2. The van der Waals surface area contributed by atoms with Crippen molar-refractivity contribution in [3.63, 3.8) is 0 Å². The molecule has 1 amide bonds. The van der Waals surface area contributed by atoms with Gasteiger partial charge in [-0.15, -0.1) is 0 Å². The zero-order valence-corrected chi connectivity index (χ0v) is 16.8. The van der Waals surface area contributed by atoms with E-state index in [4.69, 9.17) is 11.6 Å². The van der Waals surface area contributed by atoms with Crippen LogP contribution in [0, 0.1) is 0 Å². The van der Waals surface area contributed by atoms with Crippen LogP contribution in [-0.4, -0.2) is 33.7 Å². The van der Waals surface area contributed by atoms with Crippen LogP contribution in [0.1, 0.15) is 41.2 Å². The molecule has 3 aromatic rings. The molecular weight excluding hydrogens is 370 g/mol. The third-order valence-electron chi connectivity index (χ3n) is 5.47. The summed E-state index contributed by atoms with van der Waals surface area (Å²) in [7, 11) is 1.84. The van der Waals surface area contributed by atoms with E-state index in [2.05, 4.69) is 17.2 Å². The van der Waals surface area contributed by atoms with Crippen LogP contribution in [0.4, 0.5) is 0 Å². The molecule has 0 aliphatic carbocycles. The van der Waals surface area contributed by atoms with Crippen LogP contribution < -0.4 is 0 Å². The van der Waals surface area contributed by atoms with E-state index in [9.17, 15) is 4.79 Å². The summed E-state index contributed by atoms with van der Waals surface area (Å²) in [6.07, 6.45) is 3.24. The minimum absolute atomic E-state index is 0.0537. The average molecular weight is 394 g/mol. The summed E-state index contributed by atoms with van der Waals surface area (Å²) in [6, 6.07) is 19.9. The molecule has 1 atom stereocenters. The number of hydrogen-bond donors (Lipinski definition) is 0. The monoisotopic (exact) mass is 393 g/mol. The van der Waals surface area contributed by atoms with Crippen molar-refractivity contribution in [1.82, 2.24) is 14.7 Å². The molecule has 0 radical (unpaired) electrons. The van der Waals surface area contributed by atoms with Gasteiger partial charge in [0.25, 0.3) is 5.91 Å². The van der Waals surface area contributed by atoms with Crippen molar-refractivity contribution < 1.29 is 4.79 Å². The molecule has 1 saturated heterocycles. The second-order valence-corrected chi connectivity index (χ2v) is 7.84. The number of aryl methyl sites for hydroxylation is 1. The van der Waals surface area contributed by atoms with Gasteiger partial charge in [0.1, 0.15) is 5.69 Å². The predicted octanol–water partition coefficient (Wildman–Crippen LogP) is 5.15. The van der Waals surface area contributed by atoms with Crippen LogP contribution in [0.5, 0.6) is 0 Å². The highest BCUT2D eigenvalue weighted by atomic mass is 35.5. The standard InChI is InChI=1S/C23H24ClN3O/c1-26-22(15-21(25-26)18-7-3-2-4-8-18)23(28)27-14-6-5-9-19(16-27)17-10-12-20(24)13-11-17/h2-4,7-8,10-13,15,19H,5-6,9,14,16H2,1H3. The highest BCUT2D eigenvalue weighted by Gasteiger charge is 2.26. The van der Waals surface area contributed by atoms with Gasteiger partial charge in [0.2, 0.25) is 0 Å². The third kappa shape index (κ3) is 3.97. The van der Waals surface area contributed by atoms with Gasteiger partial charge in [-0.1, -0.05) is 60.5 Å². The number of carbonyl (C=O) groups is 1. The Morgan fingerprint density at radius 2 is 1.82 bits per heavy atom. The van der Waals surface area contributed by atoms with Crippen LogP contribution in [0.3, 0.4) is 0 Å². The van der Waals surface area contributed by atoms with E-state index in [1.54, 1.807) is 4.68 Å². The topological polar surface area (TPSA) is 38.1 Å². The first kappa shape index (κ1) is 18.8. The van der Waals surface area contributed by atoms with Gasteiger partial charge in [-0.2, -0.15) is 5.10 Å². The molecule has 28 heavy (non-hydrogen) atoms. The molecule has 0 spiro atoms. The first-order valence-corrected chi connectivity index (χ1v) is 10.1. The second kappa shape index (κ2) is 8.19. The summed E-state index contributed by atoms with van der Waals surface area (Å²) in [5, 5.41) is 5.31. The molecule has 2 aromatic carbocycles. The van der Waals surface area contributed by atoms with Crippen LogP contribution >= 0.6 is 11.6 Å². The van der Waals surface area contributed by atoms with Gasteiger partial charge in [0.15, 0.2) is 0 Å². The zero-order chi connectivity index (χ0) is 19.5. The number of nitrogens with zero attached hydrogens (tertiary/aromatic N) is 3. The Morgan fingerprint density at radius 1 is 1.07 bits per heavy atom. The quantitative estimate of drug-likeness (QED) is 0.617. The summed E-state index contributed by atoms with van der Waals surface area (Å²) >= 11 is 6.04. The maximum Gasteiger partial charge on any atom is 0.272 e. The van der Waals surface area contributed by atoms with Crippen LogP contribution in [0.2, 0.25) is 5.02 Å². The lowest BCUT2D eigenvalue weighted by Crippen LogP contribution is -2.35. The number of hydrogen-bond acceptors (Lipinski definition) is 2. The largest absolute Gasteiger partial charge is 0.337 e. The molecular formula is C23H24ClN3O. The molecule has 4 rings (SSSR count). The Morgan fingerprint density at radius 3 is 2.57 bits per heavy atom. The van der Waals surface area contributed by atoms with E-state index in [0.29, 0.717) is 11.6 Å². The molecule has 144 valence electrons. The van der Waals surface area contributed by atoms with E-state index < -0.39 is 0 Å². The lowest BCUT2D eigenvalue weighted by molar-refractivity contribution is 0.0743. The van der Waals surface area contributed by atoms with Gasteiger partial charge in [-0.25, -0.2) is 0 Å². The van der Waals surface area contributed by atoms with Crippen molar-refractivity contribution in [1.29, 1.82) is 0 Å². The van der Waals surface area contributed by atoms with Gasteiger partial charge in [0, 0.05) is 36.6 Å². The molecule has 0 N–H and O–H groups in total. The summed E-state index contributed by atoms with van der Waals surface area (Å²) in [5.41, 5.74) is 3.73. The Balaban J connectivity index is 1.56. The molecule has 1 aromatic heterocycles. The minimum atomic E-state index is 0.0537. The first-order chi connectivity index (χ1) is 13.6.